The average molecular weight is 494 g/mol. The summed E-state index contributed by atoms with van der Waals surface area (Å²) in [5, 5.41) is 11.6. The van der Waals surface area contributed by atoms with Crippen molar-refractivity contribution in [2.45, 2.75) is 20.8 Å². The summed E-state index contributed by atoms with van der Waals surface area (Å²) in [5.74, 6) is -0.174. The minimum atomic E-state index is -0.118. The number of fused-ring (bicyclic) bond motifs is 2. The van der Waals surface area contributed by atoms with Crippen LogP contribution in [0.1, 0.15) is 18.7 Å². The molecule has 0 aliphatic carbocycles. The van der Waals surface area contributed by atoms with Gasteiger partial charge in [-0.05, 0) is 43.3 Å². The van der Waals surface area contributed by atoms with Gasteiger partial charge in [-0.3, -0.25) is 19.9 Å². The standard InChI is InChI=1S/C27H23N7OS/c1-14(2)27(35)30-17-8-16(10-28-11-17)20-5-6-21-25(32-20)26(34-33-21)22-9-18-19(12-29-13-23(18)31-22)24-7-4-15(3)36-24/h4-14,31H,1-3H3,(H,30,35)(H,33,34). The molecule has 0 atom stereocenters. The Bertz CT molecular complexity index is 1740. The topological polar surface area (TPSA) is 112 Å². The highest BCUT2D eigenvalue weighted by molar-refractivity contribution is 7.15. The smallest absolute Gasteiger partial charge is 0.226 e. The van der Waals surface area contributed by atoms with Crippen molar-refractivity contribution in [3.05, 3.63) is 66.1 Å². The highest BCUT2D eigenvalue weighted by Crippen LogP contribution is 2.36. The van der Waals surface area contributed by atoms with E-state index in [9.17, 15) is 4.79 Å². The van der Waals surface area contributed by atoms with Crippen LogP contribution in [0, 0.1) is 12.8 Å². The molecule has 0 aliphatic heterocycles. The molecule has 0 radical (unpaired) electrons. The SMILES string of the molecule is Cc1ccc(-c2cncc3[nH]c(-c4n[nH]c5ccc(-c6cncc(NC(=O)C(C)C)c6)nc45)cc23)s1. The van der Waals surface area contributed by atoms with Crippen LogP contribution in [0.2, 0.25) is 0 Å². The third-order valence-corrected chi connectivity index (χ3v) is 7.07. The van der Waals surface area contributed by atoms with Crippen molar-refractivity contribution in [2.24, 2.45) is 5.92 Å². The number of carbonyl (C=O) groups is 1. The number of aromatic amines is 2. The van der Waals surface area contributed by atoms with Crippen LogP contribution < -0.4 is 5.32 Å². The summed E-state index contributed by atoms with van der Waals surface area (Å²) in [6.45, 7) is 5.81. The summed E-state index contributed by atoms with van der Waals surface area (Å²) in [4.78, 5) is 31.7. The quantitative estimate of drug-likeness (QED) is 0.265. The van der Waals surface area contributed by atoms with E-state index in [1.807, 2.05) is 44.4 Å². The molecule has 0 unspecified atom stereocenters. The number of amides is 1. The van der Waals surface area contributed by atoms with Gasteiger partial charge in [0.25, 0.3) is 0 Å². The molecule has 0 saturated carbocycles. The average Bonchev–Trinajstić information content (AvgIpc) is 3.61. The maximum absolute atomic E-state index is 12.1. The summed E-state index contributed by atoms with van der Waals surface area (Å²) in [6.07, 6.45) is 7.11. The van der Waals surface area contributed by atoms with E-state index < -0.39 is 0 Å². The Labute approximate surface area is 210 Å². The van der Waals surface area contributed by atoms with Gasteiger partial charge in [0.1, 0.15) is 11.2 Å². The van der Waals surface area contributed by atoms with Crippen LogP contribution in [-0.4, -0.2) is 36.0 Å². The fourth-order valence-electron chi connectivity index (χ4n) is 4.14. The number of thiophene rings is 1. The van der Waals surface area contributed by atoms with Crippen LogP contribution in [-0.2, 0) is 4.79 Å². The molecule has 0 saturated heterocycles. The van der Waals surface area contributed by atoms with Gasteiger partial charge in [0.2, 0.25) is 5.91 Å². The molecule has 9 heteroatoms. The van der Waals surface area contributed by atoms with Crippen LogP contribution in [0.25, 0.3) is 55.0 Å². The van der Waals surface area contributed by atoms with Gasteiger partial charge in [-0.1, -0.05) is 13.8 Å². The lowest BCUT2D eigenvalue weighted by molar-refractivity contribution is -0.118. The third-order valence-electron chi connectivity index (χ3n) is 6.04. The Hall–Kier alpha value is -4.37. The zero-order valence-corrected chi connectivity index (χ0v) is 20.8. The van der Waals surface area contributed by atoms with Gasteiger partial charge in [0.15, 0.2) is 0 Å². The number of nitrogens with one attached hydrogen (secondary N) is 3. The van der Waals surface area contributed by atoms with Gasteiger partial charge in [-0.25, -0.2) is 4.98 Å². The van der Waals surface area contributed by atoms with Crippen molar-refractivity contribution in [3.63, 3.8) is 0 Å². The van der Waals surface area contributed by atoms with Crippen LogP contribution in [0.15, 0.2) is 61.2 Å². The van der Waals surface area contributed by atoms with E-state index in [1.165, 1.54) is 9.75 Å². The fourth-order valence-corrected chi connectivity index (χ4v) is 5.03. The van der Waals surface area contributed by atoms with Gasteiger partial charge in [0, 0.05) is 44.6 Å². The van der Waals surface area contributed by atoms with E-state index in [2.05, 4.69) is 55.6 Å². The number of nitrogens with zero attached hydrogens (tertiary/aromatic N) is 4. The molecule has 0 fully saturated rings. The molecule has 6 heterocycles. The lowest BCUT2D eigenvalue weighted by Gasteiger charge is -2.08. The lowest BCUT2D eigenvalue weighted by atomic mass is 10.1. The first-order valence-electron chi connectivity index (χ1n) is 11.6. The van der Waals surface area contributed by atoms with Crippen LogP contribution in [0.4, 0.5) is 5.69 Å². The number of rotatable bonds is 5. The van der Waals surface area contributed by atoms with Gasteiger partial charge in [-0.15, -0.1) is 11.3 Å². The Balaban J connectivity index is 1.41. The molecule has 6 aromatic heterocycles. The van der Waals surface area contributed by atoms with E-state index in [-0.39, 0.29) is 11.8 Å². The Morgan fingerprint density at radius 2 is 1.86 bits per heavy atom. The molecule has 0 spiro atoms. The predicted octanol–water partition coefficient (Wildman–Crippen LogP) is 6.19. The van der Waals surface area contributed by atoms with Crippen molar-refractivity contribution in [1.29, 1.82) is 0 Å². The number of carbonyl (C=O) groups excluding carboxylic acids is 1. The summed E-state index contributed by atoms with van der Waals surface area (Å²) in [7, 11) is 0. The summed E-state index contributed by atoms with van der Waals surface area (Å²) < 4.78 is 0. The normalized spacial score (nSPS) is 11.6. The van der Waals surface area contributed by atoms with Crippen LogP contribution in [0.5, 0.6) is 0 Å². The van der Waals surface area contributed by atoms with Gasteiger partial charge < -0.3 is 10.3 Å². The second-order valence-corrected chi connectivity index (χ2v) is 10.3. The highest BCUT2D eigenvalue weighted by atomic mass is 32.1. The maximum Gasteiger partial charge on any atom is 0.226 e. The Morgan fingerprint density at radius 1 is 1.00 bits per heavy atom. The van der Waals surface area contributed by atoms with E-state index in [0.717, 1.165) is 50.1 Å². The molecule has 3 N–H and O–H groups in total. The molecule has 6 rings (SSSR count). The number of hydrogen-bond donors (Lipinski definition) is 3. The molecule has 36 heavy (non-hydrogen) atoms. The van der Waals surface area contributed by atoms with Crippen molar-refractivity contribution >= 4 is 44.9 Å². The summed E-state index contributed by atoms with van der Waals surface area (Å²) in [6, 6.07) is 12.1. The maximum atomic E-state index is 12.1. The first kappa shape index (κ1) is 22.1. The fraction of sp³-hybridized carbons (Fsp3) is 0.148. The van der Waals surface area contributed by atoms with Crippen molar-refractivity contribution in [2.75, 3.05) is 5.32 Å². The number of hydrogen-bond acceptors (Lipinski definition) is 6. The Morgan fingerprint density at radius 3 is 2.67 bits per heavy atom. The molecular weight excluding hydrogens is 470 g/mol. The zero-order chi connectivity index (χ0) is 24.8. The van der Waals surface area contributed by atoms with Gasteiger partial charge >= 0.3 is 0 Å². The second kappa shape index (κ2) is 8.69. The molecule has 6 aromatic rings. The molecular formula is C27H23N7OS. The number of anilines is 1. The molecule has 8 nitrogen and oxygen atoms in total. The van der Waals surface area contributed by atoms with Crippen LogP contribution >= 0.6 is 11.3 Å². The van der Waals surface area contributed by atoms with Crippen LogP contribution in [0.3, 0.4) is 0 Å². The minimum absolute atomic E-state index is 0.0557. The van der Waals surface area contributed by atoms with Crippen molar-refractivity contribution < 1.29 is 4.79 Å². The first-order chi connectivity index (χ1) is 17.5. The second-order valence-electron chi connectivity index (χ2n) is 9.01. The van der Waals surface area contributed by atoms with Gasteiger partial charge in [0.05, 0.1) is 40.5 Å². The molecule has 0 aromatic carbocycles. The van der Waals surface area contributed by atoms with Crippen molar-refractivity contribution in [1.82, 2.24) is 30.1 Å². The molecule has 0 aliphatic rings. The number of pyridine rings is 3. The van der Waals surface area contributed by atoms with E-state index in [4.69, 9.17) is 4.98 Å². The first-order valence-corrected chi connectivity index (χ1v) is 12.4. The number of aryl methyl sites for hydroxylation is 1. The minimum Gasteiger partial charge on any atom is -0.352 e. The molecule has 0 bridgehead atoms. The monoisotopic (exact) mass is 493 g/mol. The van der Waals surface area contributed by atoms with Gasteiger partial charge in [-0.2, -0.15) is 5.10 Å². The Kier molecular flexibility index (Phi) is 5.34. The van der Waals surface area contributed by atoms with E-state index in [1.54, 1.807) is 23.7 Å². The molecule has 1 amide bonds. The third kappa shape index (κ3) is 3.93. The zero-order valence-electron chi connectivity index (χ0n) is 20.0. The molecule has 178 valence electrons. The summed E-state index contributed by atoms with van der Waals surface area (Å²) >= 11 is 1.75. The predicted molar refractivity (Wildman–Crippen MR) is 144 cm³/mol. The van der Waals surface area contributed by atoms with E-state index >= 15 is 0 Å². The largest absolute Gasteiger partial charge is 0.352 e. The highest BCUT2D eigenvalue weighted by Gasteiger charge is 2.16. The van der Waals surface area contributed by atoms with E-state index in [0.29, 0.717) is 5.69 Å². The number of aromatic nitrogens is 6. The van der Waals surface area contributed by atoms with Crippen molar-refractivity contribution in [3.8, 4) is 33.1 Å². The number of H-pyrrole nitrogens is 2. The summed E-state index contributed by atoms with van der Waals surface area (Å²) in [5.41, 5.74) is 7.39. The lowest BCUT2D eigenvalue weighted by Crippen LogP contribution is -2.17.